The number of hydrogen-bond acceptors (Lipinski definition) is 7. The summed E-state index contributed by atoms with van der Waals surface area (Å²) in [5.41, 5.74) is -0.456. The summed E-state index contributed by atoms with van der Waals surface area (Å²) >= 11 is 0. The minimum absolute atomic E-state index is 0.0227. The zero-order valence-electron chi connectivity index (χ0n) is 13.4. The number of carboxylic acids is 1. The fourth-order valence-electron chi connectivity index (χ4n) is 3.30. The molecule has 0 spiro atoms. The first-order valence-electron chi connectivity index (χ1n) is 7.49. The fraction of sp³-hybridized carbons (Fsp3) is 0.118. The Bertz CT molecular complexity index is 1080. The molecule has 3 aromatic carbocycles. The van der Waals surface area contributed by atoms with Crippen molar-refractivity contribution in [1.29, 1.82) is 0 Å². The normalized spacial score (nSPS) is 14.0. The Kier molecular flexibility index (Phi) is 3.51. The number of carbonyl (C=O) groups is 1. The third-order valence-electron chi connectivity index (χ3n) is 4.33. The standard InChI is InChI=1S/C17H13NO8/c1-24-15-8-4-10(18(22)23)13-9(17(20)21)5-12-16(26-6-25-12)14(13)7(8)2-3-11(15)19/h2-5,18-19,22H,6H2,1H3,(H,20,21). The molecule has 1 aliphatic heterocycles. The first kappa shape index (κ1) is 16.2. The second-order valence-electron chi connectivity index (χ2n) is 5.66. The molecule has 9 nitrogen and oxygen atoms in total. The fourth-order valence-corrected chi connectivity index (χ4v) is 3.30. The maximum Gasteiger partial charge on any atom is 0.336 e. The second kappa shape index (κ2) is 5.63. The SMILES string of the molecule is COc1c(O)ccc2c1cc([NH+]([O-])O)c1c(C(=O)O)cc3c(c12)OCO3. The van der Waals surface area contributed by atoms with E-state index < -0.39 is 11.2 Å². The predicted molar refractivity (Wildman–Crippen MR) is 88.5 cm³/mol. The third-order valence-corrected chi connectivity index (χ3v) is 4.33. The van der Waals surface area contributed by atoms with Crippen LogP contribution in [0.4, 0.5) is 5.69 Å². The number of methoxy groups -OCH3 is 1. The van der Waals surface area contributed by atoms with Gasteiger partial charge in [0.1, 0.15) is 0 Å². The van der Waals surface area contributed by atoms with Crippen LogP contribution in [0.3, 0.4) is 0 Å². The van der Waals surface area contributed by atoms with E-state index in [1.54, 1.807) is 6.07 Å². The van der Waals surface area contributed by atoms with E-state index in [1.807, 2.05) is 0 Å². The van der Waals surface area contributed by atoms with Gasteiger partial charge in [-0.25, -0.2) is 10.0 Å². The van der Waals surface area contributed by atoms with E-state index >= 15 is 0 Å². The quantitative estimate of drug-likeness (QED) is 0.409. The van der Waals surface area contributed by atoms with Gasteiger partial charge in [0.25, 0.3) is 0 Å². The van der Waals surface area contributed by atoms with Gasteiger partial charge in [0, 0.05) is 16.8 Å². The van der Waals surface area contributed by atoms with Gasteiger partial charge in [0.15, 0.2) is 28.7 Å². The summed E-state index contributed by atoms with van der Waals surface area (Å²) < 4.78 is 16.0. The lowest BCUT2D eigenvalue weighted by molar-refractivity contribution is -0.990. The molecule has 3 aromatic rings. The molecule has 1 atom stereocenters. The van der Waals surface area contributed by atoms with E-state index in [0.717, 1.165) is 0 Å². The maximum absolute atomic E-state index is 11.8. The van der Waals surface area contributed by atoms with Gasteiger partial charge in [0.05, 0.1) is 18.1 Å². The minimum atomic E-state index is -1.32. The first-order chi connectivity index (χ1) is 12.4. The molecule has 0 bridgehead atoms. The van der Waals surface area contributed by atoms with Crippen LogP contribution in [0.1, 0.15) is 10.4 Å². The van der Waals surface area contributed by atoms with Crippen LogP contribution in [0.15, 0.2) is 24.3 Å². The van der Waals surface area contributed by atoms with Crippen molar-refractivity contribution >= 4 is 33.2 Å². The van der Waals surface area contributed by atoms with Gasteiger partial charge in [-0.05, 0) is 23.6 Å². The highest BCUT2D eigenvalue weighted by atomic mass is 16.8. The average Bonchev–Trinajstić information content (AvgIpc) is 3.07. The topological polar surface area (TPSA) is 133 Å². The summed E-state index contributed by atoms with van der Waals surface area (Å²) in [5.74, 6) is -0.906. The summed E-state index contributed by atoms with van der Waals surface area (Å²) in [5, 5.41) is 40.9. The van der Waals surface area contributed by atoms with Crippen LogP contribution < -0.4 is 19.4 Å². The summed E-state index contributed by atoms with van der Waals surface area (Å²) in [4.78, 5) is 11.7. The smallest absolute Gasteiger partial charge is 0.336 e. The van der Waals surface area contributed by atoms with Gasteiger partial charge < -0.3 is 29.6 Å². The Labute approximate surface area is 145 Å². The number of ether oxygens (including phenoxy) is 3. The van der Waals surface area contributed by atoms with Crippen molar-refractivity contribution in [2.45, 2.75) is 0 Å². The monoisotopic (exact) mass is 359 g/mol. The highest BCUT2D eigenvalue weighted by Gasteiger charge is 2.29. The van der Waals surface area contributed by atoms with Crippen molar-refractivity contribution < 1.29 is 39.7 Å². The van der Waals surface area contributed by atoms with Gasteiger partial charge in [0.2, 0.25) is 6.79 Å². The van der Waals surface area contributed by atoms with Gasteiger partial charge in [-0.2, -0.15) is 5.23 Å². The number of aromatic hydroxyl groups is 1. The van der Waals surface area contributed by atoms with Crippen LogP contribution >= 0.6 is 0 Å². The molecule has 134 valence electrons. The number of quaternary nitrogens is 1. The number of hydrogen-bond donors (Lipinski definition) is 4. The maximum atomic E-state index is 11.8. The summed E-state index contributed by atoms with van der Waals surface area (Å²) in [6, 6.07) is 5.47. The number of rotatable bonds is 3. The van der Waals surface area contributed by atoms with E-state index in [2.05, 4.69) is 0 Å². The van der Waals surface area contributed by atoms with Crippen LogP contribution in [0.5, 0.6) is 23.0 Å². The van der Waals surface area contributed by atoms with Crippen LogP contribution in [0.25, 0.3) is 21.5 Å². The van der Waals surface area contributed by atoms with Crippen LogP contribution in [0.2, 0.25) is 0 Å². The molecule has 9 heteroatoms. The highest BCUT2D eigenvalue weighted by Crippen LogP contribution is 2.49. The van der Waals surface area contributed by atoms with Crippen molar-refractivity contribution in [1.82, 2.24) is 0 Å². The Hall–Kier alpha value is -3.27. The van der Waals surface area contributed by atoms with E-state index in [4.69, 9.17) is 14.2 Å². The zero-order valence-corrected chi connectivity index (χ0v) is 13.4. The van der Waals surface area contributed by atoms with Crippen molar-refractivity contribution in [3.05, 3.63) is 35.0 Å². The van der Waals surface area contributed by atoms with Crippen molar-refractivity contribution in [3.8, 4) is 23.0 Å². The summed E-state index contributed by atoms with van der Waals surface area (Å²) in [6.45, 7) is -0.110. The Balaban J connectivity index is 2.32. The number of fused-ring (bicyclic) bond motifs is 5. The van der Waals surface area contributed by atoms with Crippen LogP contribution in [0, 0.1) is 5.21 Å². The molecule has 1 unspecified atom stereocenters. The lowest BCUT2D eigenvalue weighted by atomic mass is 9.94. The van der Waals surface area contributed by atoms with Gasteiger partial charge in [-0.3, -0.25) is 0 Å². The molecule has 0 saturated heterocycles. The average molecular weight is 359 g/mol. The zero-order chi connectivity index (χ0) is 18.6. The number of phenols is 1. The minimum Gasteiger partial charge on any atom is -0.595 e. The highest BCUT2D eigenvalue weighted by molar-refractivity contribution is 6.22. The Morgan fingerprint density at radius 1 is 1.23 bits per heavy atom. The van der Waals surface area contributed by atoms with E-state index in [1.165, 1.54) is 25.3 Å². The van der Waals surface area contributed by atoms with Crippen molar-refractivity contribution in [3.63, 3.8) is 0 Å². The molecule has 0 aliphatic carbocycles. The van der Waals surface area contributed by atoms with E-state index in [9.17, 15) is 25.4 Å². The molecule has 0 saturated carbocycles. The lowest BCUT2D eigenvalue weighted by Gasteiger charge is -2.19. The van der Waals surface area contributed by atoms with Crippen molar-refractivity contribution in [2.24, 2.45) is 0 Å². The molecule has 0 aromatic heterocycles. The van der Waals surface area contributed by atoms with Crippen LogP contribution in [-0.4, -0.2) is 35.3 Å². The van der Waals surface area contributed by atoms with E-state index in [-0.39, 0.29) is 51.8 Å². The predicted octanol–water partition coefficient (Wildman–Crippen LogP) is 1.54. The summed E-state index contributed by atoms with van der Waals surface area (Å²) in [7, 11) is 1.34. The molecular weight excluding hydrogens is 346 g/mol. The number of nitrogens with one attached hydrogen (secondary N) is 1. The van der Waals surface area contributed by atoms with Gasteiger partial charge in [-0.1, -0.05) is 0 Å². The third kappa shape index (κ3) is 2.12. The Morgan fingerprint density at radius 3 is 2.65 bits per heavy atom. The summed E-state index contributed by atoms with van der Waals surface area (Å²) in [6.07, 6.45) is 0. The van der Waals surface area contributed by atoms with Crippen LogP contribution in [-0.2, 0) is 0 Å². The molecular formula is C17H13NO8. The molecule has 4 N–H and O–H groups in total. The van der Waals surface area contributed by atoms with Gasteiger partial charge in [-0.15, -0.1) is 0 Å². The number of aromatic carboxylic acids is 1. The molecule has 1 aliphatic rings. The number of carboxylic acid groups (broad SMARTS) is 1. The first-order valence-corrected chi connectivity index (χ1v) is 7.49. The molecule has 4 rings (SSSR count). The molecule has 26 heavy (non-hydrogen) atoms. The number of benzene rings is 3. The Morgan fingerprint density at radius 2 is 2.00 bits per heavy atom. The second-order valence-corrected chi connectivity index (χ2v) is 5.66. The van der Waals surface area contributed by atoms with Gasteiger partial charge >= 0.3 is 5.97 Å². The van der Waals surface area contributed by atoms with Crippen molar-refractivity contribution in [2.75, 3.05) is 13.9 Å². The molecule has 0 fully saturated rings. The molecule has 0 amide bonds. The largest absolute Gasteiger partial charge is 0.595 e. The van der Waals surface area contributed by atoms with E-state index in [0.29, 0.717) is 10.8 Å². The molecule has 0 radical (unpaired) electrons. The molecule has 1 heterocycles. The lowest BCUT2D eigenvalue weighted by Crippen LogP contribution is -2.99. The number of phenolic OH excluding ortho intramolecular Hbond substituents is 1.